The molecule has 1 saturated heterocycles. The number of aryl methyl sites for hydroxylation is 2. The summed E-state index contributed by atoms with van der Waals surface area (Å²) in [5.74, 6) is -1.54. The van der Waals surface area contributed by atoms with Crippen LogP contribution in [0.1, 0.15) is 34.3 Å². The van der Waals surface area contributed by atoms with Crippen molar-refractivity contribution in [3.8, 4) is 0 Å². The van der Waals surface area contributed by atoms with Crippen molar-refractivity contribution in [2.45, 2.75) is 32.7 Å². The predicted octanol–water partition coefficient (Wildman–Crippen LogP) is 1.91. The van der Waals surface area contributed by atoms with Crippen molar-refractivity contribution in [3.05, 3.63) is 34.9 Å². The van der Waals surface area contributed by atoms with Crippen LogP contribution in [0.25, 0.3) is 0 Å². The Morgan fingerprint density at radius 3 is 2.67 bits per heavy atom. The SMILES string of the molecule is Cc1ccc(C(=O)NC(C(=O)O)C2CCCOC2)cc1C. The summed E-state index contributed by atoms with van der Waals surface area (Å²) < 4.78 is 5.32. The van der Waals surface area contributed by atoms with Gasteiger partial charge in [-0.25, -0.2) is 4.79 Å². The fourth-order valence-electron chi connectivity index (χ4n) is 2.52. The van der Waals surface area contributed by atoms with Crippen LogP contribution in [0.4, 0.5) is 0 Å². The maximum Gasteiger partial charge on any atom is 0.326 e. The Morgan fingerprint density at radius 2 is 2.10 bits per heavy atom. The molecule has 1 fully saturated rings. The quantitative estimate of drug-likeness (QED) is 0.888. The molecular formula is C16H21NO4. The Hall–Kier alpha value is -1.88. The zero-order valence-electron chi connectivity index (χ0n) is 12.4. The number of carboxylic acids is 1. The lowest BCUT2D eigenvalue weighted by Gasteiger charge is -2.28. The van der Waals surface area contributed by atoms with E-state index in [2.05, 4.69) is 5.32 Å². The fraction of sp³-hybridized carbons (Fsp3) is 0.500. The third kappa shape index (κ3) is 3.82. The number of amides is 1. The van der Waals surface area contributed by atoms with E-state index >= 15 is 0 Å². The van der Waals surface area contributed by atoms with Crippen LogP contribution in [-0.2, 0) is 9.53 Å². The normalized spacial score (nSPS) is 19.8. The molecule has 1 amide bonds. The minimum absolute atomic E-state index is 0.174. The highest BCUT2D eigenvalue weighted by Crippen LogP contribution is 2.18. The van der Waals surface area contributed by atoms with Crippen molar-refractivity contribution in [2.24, 2.45) is 5.92 Å². The van der Waals surface area contributed by atoms with Crippen LogP contribution in [0.3, 0.4) is 0 Å². The molecule has 0 aliphatic carbocycles. The minimum Gasteiger partial charge on any atom is -0.480 e. The van der Waals surface area contributed by atoms with E-state index in [1.807, 2.05) is 19.9 Å². The lowest BCUT2D eigenvalue weighted by atomic mass is 9.93. The third-order valence-corrected chi connectivity index (χ3v) is 3.99. The second kappa shape index (κ2) is 6.72. The maximum atomic E-state index is 12.3. The summed E-state index contributed by atoms with van der Waals surface area (Å²) in [5, 5.41) is 12.0. The van der Waals surface area contributed by atoms with E-state index in [1.165, 1.54) is 0 Å². The molecule has 1 aliphatic heterocycles. The first-order valence-corrected chi connectivity index (χ1v) is 7.17. The van der Waals surface area contributed by atoms with Gasteiger partial charge in [0.2, 0.25) is 0 Å². The summed E-state index contributed by atoms with van der Waals surface area (Å²) in [6, 6.07) is 4.46. The molecule has 5 heteroatoms. The summed E-state index contributed by atoms with van der Waals surface area (Å²) in [6.45, 7) is 4.93. The van der Waals surface area contributed by atoms with Gasteiger partial charge < -0.3 is 15.2 Å². The molecule has 1 aromatic rings. The summed E-state index contributed by atoms with van der Waals surface area (Å²) in [5.41, 5.74) is 2.60. The van der Waals surface area contributed by atoms with Crippen LogP contribution in [0.5, 0.6) is 0 Å². The lowest BCUT2D eigenvalue weighted by molar-refractivity contribution is -0.142. The molecule has 2 N–H and O–H groups in total. The van der Waals surface area contributed by atoms with E-state index in [-0.39, 0.29) is 11.8 Å². The highest BCUT2D eigenvalue weighted by atomic mass is 16.5. The van der Waals surface area contributed by atoms with Crippen LogP contribution in [-0.4, -0.2) is 36.2 Å². The van der Waals surface area contributed by atoms with Crippen molar-refractivity contribution >= 4 is 11.9 Å². The molecule has 5 nitrogen and oxygen atoms in total. The van der Waals surface area contributed by atoms with Crippen molar-refractivity contribution in [2.75, 3.05) is 13.2 Å². The molecule has 1 heterocycles. The molecule has 2 rings (SSSR count). The molecule has 1 aromatic carbocycles. The molecule has 21 heavy (non-hydrogen) atoms. The third-order valence-electron chi connectivity index (χ3n) is 3.99. The Kier molecular flexibility index (Phi) is 4.96. The van der Waals surface area contributed by atoms with E-state index in [9.17, 15) is 14.7 Å². The van der Waals surface area contributed by atoms with Crippen molar-refractivity contribution < 1.29 is 19.4 Å². The number of ether oxygens (including phenoxy) is 1. The number of benzene rings is 1. The average molecular weight is 291 g/mol. The van der Waals surface area contributed by atoms with Gasteiger partial charge in [0.25, 0.3) is 5.91 Å². The van der Waals surface area contributed by atoms with Gasteiger partial charge in [-0.2, -0.15) is 0 Å². The fourth-order valence-corrected chi connectivity index (χ4v) is 2.52. The number of carbonyl (C=O) groups is 2. The van der Waals surface area contributed by atoms with Gasteiger partial charge in [0.1, 0.15) is 6.04 Å². The van der Waals surface area contributed by atoms with E-state index in [1.54, 1.807) is 12.1 Å². The predicted molar refractivity (Wildman–Crippen MR) is 78.3 cm³/mol. The first kappa shape index (κ1) is 15.5. The van der Waals surface area contributed by atoms with Gasteiger partial charge in [-0.15, -0.1) is 0 Å². The monoisotopic (exact) mass is 291 g/mol. The average Bonchev–Trinajstić information content (AvgIpc) is 2.48. The molecule has 2 unspecified atom stereocenters. The van der Waals surface area contributed by atoms with E-state index < -0.39 is 12.0 Å². The summed E-state index contributed by atoms with van der Waals surface area (Å²) >= 11 is 0. The zero-order chi connectivity index (χ0) is 15.4. The first-order valence-electron chi connectivity index (χ1n) is 7.17. The Balaban J connectivity index is 2.10. The molecule has 0 bridgehead atoms. The van der Waals surface area contributed by atoms with Gasteiger partial charge >= 0.3 is 5.97 Å². The maximum absolute atomic E-state index is 12.3. The highest BCUT2D eigenvalue weighted by Gasteiger charge is 2.31. The Morgan fingerprint density at radius 1 is 1.33 bits per heavy atom. The molecule has 114 valence electrons. The van der Waals surface area contributed by atoms with Gasteiger partial charge in [-0.1, -0.05) is 6.07 Å². The molecule has 0 aromatic heterocycles. The van der Waals surface area contributed by atoms with Crippen molar-refractivity contribution in [3.63, 3.8) is 0 Å². The number of carbonyl (C=O) groups excluding carboxylic acids is 1. The van der Waals surface area contributed by atoms with Crippen molar-refractivity contribution in [1.82, 2.24) is 5.32 Å². The minimum atomic E-state index is -1.01. The van der Waals surface area contributed by atoms with Gasteiger partial charge in [0, 0.05) is 18.1 Å². The largest absolute Gasteiger partial charge is 0.480 e. The molecule has 0 spiro atoms. The summed E-state index contributed by atoms with van der Waals surface area (Å²) in [6.07, 6.45) is 1.58. The second-order valence-corrected chi connectivity index (χ2v) is 5.57. The number of carboxylic acid groups (broad SMARTS) is 1. The molecule has 2 atom stereocenters. The molecular weight excluding hydrogens is 270 g/mol. The summed E-state index contributed by atoms with van der Waals surface area (Å²) in [4.78, 5) is 23.7. The number of nitrogens with one attached hydrogen (secondary N) is 1. The van der Waals surface area contributed by atoms with Crippen LogP contribution in [0.15, 0.2) is 18.2 Å². The van der Waals surface area contributed by atoms with Crippen LogP contribution in [0, 0.1) is 19.8 Å². The first-order chi connectivity index (χ1) is 9.99. The Bertz CT molecular complexity index is 535. The standard InChI is InChI=1S/C16H21NO4/c1-10-5-6-12(8-11(10)2)15(18)17-14(16(19)20)13-4-3-7-21-9-13/h5-6,8,13-14H,3-4,7,9H2,1-2H3,(H,17,18)(H,19,20). The van der Waals surface area contributed by atoms with Crippen LogP contribution >= 0.6 is 0 Å². The van der Waals surface area contributed by atoms with Gasteiger partial charge in [-0.3, -0.25) is 4.79 Å². The second-order valence-electron chi connectivity index (χ2n) is 5.57. The molecule has 1 aliphatic rings. The summed E-state index contributed by atoms with van der Waals surface area (Å²) in [7, 11) is 0. The molecule has 0 saturated carbocycles. The van der Waals surface area contributed by atoms with Gasteiger partial charge in [0.15, 0.2) is 0 Å². The zero-order valence-corrected chi connectivity index (χ0v) is 12.4. The van der Waals surface area contributed by atoms with E-state index in [0.29, 0.717) is 18.8 Å². The Labute approximate surface area is 124 Å². The number of rotatable bonds is 4. The topological polar surface area (TPSA) is 75.6 Å². The molecule has 0 radical (unpaired) electrons. The number of aliphatic carboxylic acids is 1. The number of hydrogen-bond donors (Lipinski definition) is 2. The van der Waals surface area contributed by atoms with Gasteiger partial charge in [-0.05, 0) is 49.9 Å². The van der Waals surface area contributed by atoms with Crippen LogP contribution < -0.4 is 5.32 Å². The van der Waals surface area contributed by atoms with Crippen LogP contribution in [0.2, 0.25) is 0 Å². The van der Waals surface area contributed by atoms with Crippen molar-refractivity contribution in [1.29, 1.82) is 0 Å². The van der Waals surface area contributed by atoms with E-state index in [4.69, 9.17) is 4.74 Å². The lowest BCUT2D eigenvalue weighted by Crippen LogP contribution is -2.48. The number of hydrogen-bond acceptors (Lipinski definition) is 3. The smallest absolute Gasteiger partial charge is 0.326 e. The highest BCUT2D eigenvalue weighted by molar-refractivity contribution is 5.96. The van der Waals surface area contributed by atoms with Gasteiger partial charge in [0.05, 0.1) is 6.61 Å². The van der Waals surface area contributed by atoms with E-state index in [0.717, 1.165) is 24.0 Å².